The molecule has 0 aliphatic heterocycles. The number of amides is 2. The molecular weight excluding hydrogens is 686 g/mol. The maximum Gasteiger partial charge on any atom is 0.343 e. The van der Waals surface area contributed by atoms with Gasteiger partial charge < -0.3 is 24.3 Å². The normalized spacial score (nSPS) is 10.6. The van der Waals surface area contributed by atoms with Crippen molar-refractivity contribution in [2.45, 2.75) is 0 Å². The van der Waals surface area contributed by atoms with Crippen LogP contribution in [0.1, 0.15) is 36.6 Å². The van der Waals surface area contributed by atoms with Crippen molar-refractivity contribution in [3.05, 3.63) is 110 Å². The minimum absolute atomic E-state index is 0.265. The van der Waals surface area contributed by atoms with Crippen LogP contribution in [0.25, 0.3) is 0 Å². The van der Waals surface area contributed by atoms with E-state index in [2.05, 4.69) is 47.7 Å². The SMILES string of the molecule is COc1cc(C(=O)Nc2ccc(C(=O)N/N=C\c3cc(Br)ccc3OC(=O)c3ccc(Br)cc3)cc2)cc(OC)c1OC. The predicted octanol–water partition coefficient (Wildman–Crippen LogP) is 6.47. The van der Waals surface area contributed by atoms with Crippen LogP contribution in [0.4, 0.5) is 5.69 Å². The van der Waals surface area contributed by atoms with Crippen molar-refractivity contribution in [2.75, 3.05) is 26.6 Å². The lowest BCUT2D eigenvalue weighted by Crippen LogP contribution is -2.18. The van der Waals surface area contributed by atoms with Crippen LogP contribution in [0.2, 0.25) is 0 Å². The summed E-state index contributed by atoms with van der Waals surface area (Å²) >= 11 is 6.72. The number of hydrazone groups is 1. The van der Waals surface area contributed by atoms with Crippen molar-refractivity contribution >= 4 is 61.5 Å². The van der Waals surface area contributed by atoms with Crippen LogP contribution in [-0.2, 0) is 0 Å². The molecule has 220 valence electrons. The van der Waals surface area contributed by atoms with Gasteiger partial charge in [0, 0.05) is 31.3 Å². The van der Waals surface area contributed by atoms with E-state index in [-0.39, 0.29) is 5.75 Å². The molecule has 0 unspecified atom stereocenters. The number of hydrogen-bond donors (Lipinski definition) is 2. The molecule has 4 aromatic carbocycles. The summed E-state index contributed by atoms with van der Waals surface area (Å²) in [5.41, 5.74) is 4.35. The van der Waals surface area contributed by atoms with Crippen LogP contribution in [0, 0.1) is 0 Å². The second-order valence-electron chi connectivity index (χ2n) is 8.72. The van der Waals surface area contributed by atoms with Crippen molar-refractivity contribution in [2.24, 2.45) is 5.10 Å². The fraction of sp³-hybridized carbons (Fsp3) is 0.0968. The topological polar surface area (TPSA) is 125 Å². The van der Waals surface area contributed by atoms with Gasteiger partial charge in [0.25, 0.3) is 11.8 Å². The summed E-state index contributed by atoms with van der Waals surface area (Å²) in [5.74, 6) is -0.104. The first-order valence-electron chi connectivity index (χ1n) is 12.5. The Hall–Kier alpha value is -4.68. The van der Waals surface area contributed by atoms with Gasteiger partial charge in [-0.25, -0.2) is 10.2 Å². The molecule has 0 spiro atoms. The van der Waals surface area contributed by atoms with E-state index in [0.717, 1.165) is 8.95 Å². The standard InChI is InChI=1S/C31H25Br2N3O7/c1-40-26-15-20(16-27(41-2)28(26)42-3)29(37)35-24-11-6-18(7-12-24)30(38)36-34-17-21-14-23(33)10-13-25(21)43-31(39)19-4-8-22(32)9-5-19/h4-17H,1-3H3,(H,35,37)(H,36,38)/b34-17-. The number of hydrogen-bond acceptors (Lipinski definition) is 8. The van der Waals surface area contributed by atoms with Crippen molar-refractivity contribution < 1.29 is 33.3 Å². The first-order chi connectivity index (χ1) is 20.7. The first-order valence-corrected chi connectivity index (χ1v) is 14.1. The van der Waals surface area contributed by atoms with E-state index in [1.54, 1.807) is 66.7 Å². The van der Waals surface area contributed by atoms with Gasteiger partial charge in [-0.3, -0.25) is 9.59 Å². The minimum Gasteiger partial charge on any atom is -0.493 e. The monoisotopic (exact) mass is 709 g/mol. The highest BCUT2D eigenvalue weighted by Gasteiger charge is 2.17. The van der Waals surface area contributed by atoms with Gasteiger partial charge in [0.2, 0.25) is 5.75 Å². The van der Waals surface area contributed by atoms with Crippen LogP contribution in [0.5, 0.6) is 23.0 Å². The fourth-order valence-corrected chi connectivity index (χ4v) is 4.45. The van der Waals surface area contributed by atoms with Crippen LogP contribution in [0.3, 0.4) is 0 Å². The predicted molar refractivity (Wildman–Crippen MR) is 169 cm³/mol. The fourth-order valence-electron chi connectivity index (χ4n) is 3.80. The van der Waals surface area contributed by atoms with E-state index in [1.165, 1.54) is 39.7 Å². The molecule has 2 N–H and O–H groups in total. The molecule has 0 radical (unpaired) electrons. The van der Waals surface area contributed by atoms with Gasteiger partial charge >= 0.3 is 5.97 Å². The number of ether oxygens (including phenoxy) is 4. The summed E-state index contributed by atoms with van der Waals surface area (Å²) in [4.78, 5) is 38.1. The molecule has 0 atom stereocenters. The Morgan fingerprint density at radius 1 is 0.674 bits per heavy atom. The number of esters is 1. The summed E-state index contributed by atoms with van der Waals surface area (Å²) in [7, 11) is 4.40. The summed E-state index contributed by atoms with van der Waals surface area (Å²) in [5, 5.41) is 6.79. The molecule has 4 aromatic rings. The zero-order valence-corrected chi connectivity index (χ0v) is 26.3. The second kappa shape index (κ2) is 14.5. The summed E-state index contributed by atoms with van der Waals surface area (Å²) in [6.07, 6.45) is 1.37. The van der Waals surface area contributed by atoms with Gasteiger partial charge in [-0.15, -0.1) is 0 Å². The Labute approximate surface area is 264 Å². The van der Waals surface area contributed by atoms with E-state index in [4.69, 9.17) is 18.9 Å². The Bertz CT molecular complexity index is 1650. The maximum absolute atomic E-state index is 12.9. The minimum atomic E-state index is -0.536. The molecule has 4 rings (SSSR count). The average molecular weight is 711 g/mol. The quantitative estimate of drug-likeness (QED) is 0.0837. The number of nitrogens with one attached hydrogen (secondary N) is 2. The lowest BCUT2D eigenvalue weighted by molar-refractivity contribution is 0.0733. The van der Waals surface area contributed by atoms with Crippen LogP contribution in [-0.4, -0.2) is 45.3 Å². The first kappa shape index (κ1) is 31.3. The number of carbonyl (C=O) groups excluding carboxylic acids is 3. The average Bonchev–Trinajstić information content (AvgIpc) is 3.02. The van der Waals surface area contributed by atoms with Gasteiger partial charge in [-0.1, -0.05) is 31.9 Å². The Kier molecular flexibility index (Phi) is 10.5. The molecule has 0 saturated carbocycles. The zero-order chi connectivity index (χ0) is 30.9. The van der Waals surface area contributed by atoms with Crippen molar-refractivity contribution in [3.8, 4) is 23.0 Å². The molecule has 0 aliphatic rings. The lowest BCUT2D eigenvalue weighted by Gasteiger charge is -2.14. The van der Waals surface area contributed by atoms with Gasteiger partial charge in [-0.05, 0) is 78.9 Å². The van der Waals surface area contributed by atoms with Crippen LogP contribution >= 0.6 is 31.9 Å². The maximum atomic E-state index is 12.9. The molecule has 0 heterocycles. The van der Waals surface area contributed by atoms with Crippen LogP contribution < -0.4 is 29.7 Å². The highest BCUT2D eigenvalue weighted by atomic mass is 79.9. The van der Waals surface area contributed by atoms with E-state index in [1.807, 2.05) is 0 Å². The van der Waals surface area contributed by atoms with Crippen molar-refractivity contribution in [1.29, 1.82) is 0 Å². The second-order valence-corrected chi connectivity index (χ2v) is 10.6. The van der Waals surface area contributed by atoms with E-state index < -0.39 is 17.8 Å². The highest BCUT2D eigenvalue weighted by molar-refractivity contribution is 9.10. The number of nitrogens with zero attached hydrogens (tertiary/aromatic N) is 1. The Morgan fingerprint density at radius 3 is 1.88 bits per heavy atom. The lowest BCUT2D eigenvalue weighted by atomic mass is 10.1. The molecule has 10 nitrogen and oxygen atoms in total. The largest absolute Gasteiger partial charge is 0.493 e. The third-order valence-electron chi connectivity index (χ3n) is 5.96. The van der Waals surface area contributed by atoms with Crippen LogP contribution in [0.15, 0.2) is 92.9 Å². The molecule has 0 fully saturated rings. The van der Waals surface area contributed by atoms with Crippen molar-refractivity contribution in [1.82, 2.24) is 5.43 Å². The summed E-state index contributed by atoms with van der Waals surface area (Å²) in [6, 6.07) is 21.1. The Balaban J connectivity index is 1.40. The molecule has 0 saturated heterocycles. The molecule has 0 bridgehead atoms. The van der Waals surface area contributed by atoms with Gasteiger partial charge in [-0.2, -0.15) is 5.10 Å². The van der Waals surface area contributed by atoms with Crippen molar-refractivity contribution in [3.63, 3.8) is 0 Å². The molecule has 12 heteroatoms. The molecule has 0 aromatic heterocycles. The van der Waals surface area contributed by atoms with E-state index >= 15 is 0 Å². The molecule has 0 aliphatic carbocycles. The number of benzene rings is 4. The van der Waals surface area contributed by atoms with Gasteiger partial charge in [0.1, 0.15) is 5.75 Å². The molecule has 2 amide bonds. The smallest absolute Gasteiger partial charge is 0.343 e. The third-order valence-corrected chi connectivity index (χ3v) is 6.98. The zero-order valence-electron chi connectivity index (χ0n) is 23.1. The van der Waals surface area contributed by atoms with Gasteiger partial charge in [0.15, 0.2) is 11.5 Å². The highest BCUT2D eigenvalue weighted by Crippen LogP contribution is 2.38. The number of carbonyl (C=O) groups is 3. The molecule has 43 heavy (non-hydrogen) atoms. The number of rotatable bonds is 10. The van der Waals surface area contributed by atoms with Gasteiger partial charge in [0.05, 0.1) is 33.1 Å². The summed E-state index contributed by atoms with van der Waals surface area (Å²) in [6.45, 7) is 0. The summed E-state index contributed by atoms with van der Waals surface area (Å²) < 4.78 is 23.0. The van der Waals surface area contributed by atoms with E-state index in [0.29, 0.717) is 45.2 Å². The number of anilines is 1. The molecular formula is C31H25Br2N3O7. The number of halogens is 2. The Morgan fingerprint density at radius 2 is 1.28 bits per heavy atom. The number of methoxy groups -OCH3 is 3. The van der Waals surface area contributed by atoms with E-state index in [9.17, 15) is 14.4 Å². The third kappa shape index (κ3) is 7.99.